The molecule has 18 heavy (non-hydrogen) atoms. The maximum Gasteiger partial charge on any atom is 0.145 e. The first-order valence-electron chi connectivity index (χ1n) is 6.07. The molecular weight excluding hydrogens is 262 g/mol. The van der Waals surface area contributed by atoms with Crippen molar-refractivity contribution >= 4 is 40.4 Å². The van der Waals surface area contributed by atoms with E-state index in [1.54, 1.807) is 0 Å². The quantitative estimate of drug-likeness (QED) is 0.934. The van der Waals surface area contributed by atoms with Crippen LogP contribution in [0.2, 0.25) is 0 Å². The van der Waals surface area contributed by atoms with Crippen molar-refractivity contribution in [1.82, 2.24) is 9.97 Å². The van der Waals surface area contributed by atoms with Gasteiger partial charge in [0.1, 0.15) is 5.82 Å². The van der Waals surface area contributed by atoms with E-state index in [0.29, 0.717) is 5.25 Å². The van der Waals surface area contributed by atoms with Crippen LogP contribution in [0.4, 0.5) is 5.82 Å². The minimum atomic E-state index is 0.692. The molecule has 3 rings (SSSR count). The fourth-order valence-corrected chi connectivity index (χ4v) is 4.53. The van der Waals surface area contributed by atoms with Gasteiger partial charge in [-0.05, 0) is 12.1 Å². The number of nitrogens with one attached hydrogen (secondary N) is 1. The second kappa shape index (κ2) is 5.80. The molecule has 0 aliphatic carbocycles. The number of para-hydroxylation sites is 2. The molecule has 1 atom stereocenters. The minimum absolute atomic E-state index is 0.692. The zero-order valence-electron chi connectivity index (χ0n) is 10.0. The highest BCUT2D eigenvalue weighted by molar-refractivity contribution is 8.06. The van der Waals surface area contributed by atoms with Gasteiger partial charge in [0.2, 0.25) is 0 Å². The molecule has 2 aromatic rings. The Kier molecular flexibility index (Phi) is 3.90. The first-order chi connectivity index (χ1) is 8.92. The van der Waals surface area contributed by atoms with E-state index in [1.807, 2.05) is 42.2 Å². The monoisotopic (exact) mass is 277 g/mol. The number of rotatable bonds is 3. The molecule has 0 amide bonds. The highest BCUT2D eigenvalue weighted by atomic mass is 32.2. The van der Waals surface area contributed by atoms with Crippen LogP contribution < -0.4 is 5.32 Å². The van der Waals surface area contributed by atoms with E-state index >= 15 is 0 Å². The normalized spacial score (nSPS) is 19.9. The van der Waals surface area contributed by atoms with Crippen molar-refractivity contribution in [2.24, 2.45) is 0 Å². The van der Waals surface area contributed by atoms with Crippen LogP contribution in [0, 0.1) is 0 Å². The van der Waals surface area contributed by atoms with Crippen LogP contribution in [0.3, 0.4) is 0 Å². The number of thioether (sulfide) groups is 2. The molecule has 2 heterocycles. The summed E-state index contributed by atoms with van der Waals surface area (Å²) in [5.41, 5.74) is 1.90. The van der Waals surface area contributed by atoms with Crippen LogP contribution in [0.1, 0.15) is 0 Å². The van der Waals surface area contributed by atoms with Gasteiger partial charge in [-0.2, -0.15) is 23.5 Å². The molecule has 94 valence electrons. The summed E-state index contributed by atoms with van der Waals surface area (Å²) in [6, 6.07) is 7.97. The van der Waals surface area contributed by atoms with Crippen LogP contribution in [0.15, 0.2) is 30.5 Å². The smallest absolute Gasteiger partial charge is 0.145 e. The predicted molar refractivity (Wildman–Crippen MR) is 81.6 cm³/mol. The standard InChI is InChI=1S/C13H15N3S2/c1-2-4-12-11(3-1)14-8-13(16-12)15-7-10-9-17-5-6-18-10/h1-4,8,10H,5-7,9H2,(H,15,16). The summed E-state index contributed by atoms with van der Waals surface area (Å²) < 4.78 is 0. The molecule has 0 bridgehead atoms. The molecular formula is C13H15N3S2. The summed E-state index contributed by atoms with van der Waals surface area (Å²) in [6.07, 6.45) is 1.82. The first kappa shape index (κ1) is 12.1. The predicted octanol–water partition coefficient (Wildman–Crippen LogP) is 2.89. The number of fused-ring (bicyclic) bond motifs is 1. The Labute approximate surface area is 115 Å². The lowest BCUT2D eigenvalue weighted by atomic mass is 10.3. The number of anilines is 1. The molecule has 5 heteroatoms. The van der Waals surface area contributed by atoms with Crippen LogP contribution in [0.5, 0.6) is 0 Å². The van der Waals surface area contributed by atoms with Gasteiger partial charge in [-0.25, -0.2) is 4.98 Å². The van der Waals surface area contributed by atoms with Crippen LogP contribution in [-0.2, 0) is 0 Å². The average molecular weight is 277 g/mol. The topological polar surface area (TPSA) is 37.8 Å². The van der Waals surface area contributed by atoms with E-state index < -0.39 is 0 Å². The number of aromatic nitrogens is 2. The minimum Gasteiger partial charge on any atom is -0.368 e. The molecule has 1 aromatic heterocycles. The summed E-state index contributed by atoms with van der Waals surface area (Å²) in [5.74, 6) is 4.67. The van der Waals surface area contributed by atoms with Crippen molar-refractivity contribution in [3.8, 4) is 0 Å². The second-order valence-corrected chi connectivity index (χ2v) is 6.75. The number of nitrogens with zero attached hydrogens (tertiary/aromatic N) is 2. The molecule has 1 N–H and O–H groups in total. The average Bonchev–Trinajstić information content (AvgIpc) is 2.46. The van der Waals surface area contributed by atoms with E-state index in [0.717, 1.165) is 23.4 Å². The van der Waals surface area contributed by atoms with Crippen molar-refractivity contribution < 1.29 is 0 Å². The van der Waals surface area contributed by atoms with Gasteiger partial charge in [0.15, 0.2) is 0 Å². The van der Waals surface area contributed by atoms with Crippen LogP contribution >= 0.6 is 23.5 Å². The van der Waals surface area contributed by atoms with Gasteiger partial charge in [-0.3, -0.25) is 4.98 Å². The zero-order valence-corrected chi connectivity index (χ0v) is 11.6. The van der Waals surface area contributed by atoms with Crippen LogP contribution in [-0.4, -0.2) is 39.0 Å². The van der Waals surface area contributed by atoms with Gasteiger partial charge >= 0.3 is 0 Å². The van der Waals surface area contributed by atoms with Gasteiger partial charge in [-0.15, -0.1) is 0 Å². The summed E-state index contributed by atoms with van der Waals surface area (Å²) >= 11 is 4.10. The molecule has 0 spiro atoms. The Morgan fingerprint density at radius 1 is 1.22 bits per heavy atom. The van der Waals surface area contributed by atoms with E-state index in [4.69, 9.17) is 0 Å². The highest BCUT2D eigenvalue weighted by Crippen LogP contribution is 2.24. The van der Waals surface area contributed by atoms with Crippen molar-refractivity contribution in [2.75, 3.05) is 29.1 Å². The molecule has 1 fully saturated rings. The van der Waals surface area contributed by atoms with Crippen LogP contribution in [0.25, 0.3) is 11.0 Å². The maximum atomic E-state index is 4.57. The Balaban J connectivity index is 1.66. The summed E-state index contributed by atoms with van der Waals surface area (Å²) in [5, 5.41) is 4.09. The van der Waals surface area contributed by atoms with Crippen molar-refractivity contribution in [1.29, 1.82) is 0 Å². The summed E-state index contributed by atoms with van der Waals surface area (Å²) in [4.78, 5) is 8.98. The Bertz CT molecular complexity index is 526. The van der Waals surface area contributed by atoms with Crippen molar-refractivity contribution in [3.63, 3.8) is 0 Å². The van der Waals surface area contributed by atoms with E-state index in [9.17, 15) is 0 Å². The second-order valence-electron chi connectivity index (χ2n) is 4.19. The lowest BCUT2D eigenvalue weighted by molar-refractivity contribution is 0.993. The zero-order chi connectivity index (χ0) is 12.2. The van der Waals surface area contributed by atoms with E-state index in [1.165, 1.54) is 17.3 Å². The lowest BCUT2D eigenvalue weighted by Gasteiger charge is -2.21. The molecule has 1 aliphatic heterocycles. The number of benzene rings is 1. The van der Waals surface area contributed by atoms with Gasteiger partial charge in [0.05, 0.1) is 17.2 Å². The Morgan fingerprint density at radius 3 is 2.94 bits per heavy atom. The van der Waals surface area contributed by atoms with Gasteiger partial charge < -0.3 is 5.32 Å². The van der Waals surface area contributed by atoms with Gasteiger partial charge in [0, 0.05) is 29.1 Å². The molecule has 1 aliphatic rings. The SMILES string of the molecule is c1ccc2nc(NCC3CSCCS3)cnc2c1. The van der Waals surface area contributed by atoms with Crippen molar-refractivity contribution in [3.05, 3.63) is 30.5 Å². The number of hydrogen-bond acceptors (Lipinski definition) is 5. The fourth-order valence-electron chi connectivity index (χ4n) is 1.92. The molecule has 1 aromatic carbocycles. The lowest BCUT2D eigenvalue weighted by Crippen LogP contribution is -2.23. The third-order valence-electron chi connectivity index (χ3n) is 2.84. The summed E-state index contributed by atoms with van der Waals surface area (Å²) in [6.45, 7) is 0.977. The third kappa shape index (κ3) is 2.90. The van der Waals surface area contributed by atoms with E-state index in [-0.39, 0.29) is 0 Å². The highest BCUT2D eigenvalue weighted by Gasteiger charge is 2.14. The molecule has 0 saturated carbocycles. The first-order valence-corrected chi connectivity index (χ1v) is 8.27. The van der Waals surface area contributed by atoms with Gasteiger partial charge in [0.25, 0.3) is 0 Å². The summed E-state index contributed by atoms with van der Waals surface area (Å²) in [7, 11) is 0. The number of hydrogen-bond donors (Lipinski definition) is 1. The maximum absolute atomic E-state index is 4.57. The largest absolute Gasteiger partial charge is 0.368 e. The van der Waals surface area contributed by atoms with Gasteiger partial charge in [-0.1, -0.05) is 12.1 Å². The molecule has 0 radical (unpaired) electrons. The molecule has 1 unspecified atom stereocenters. The Hall–Kier alpha value is -0.940. The van der Waals surface area contributed by atoms with E-state index in [2.05, 4.69) is 27.0 Å². The third-order valence-corrected chi connectivity index (χ3v) is 5.69. The van der Waals surface area contributed by atoms with Crippen molar-refractivity contribution in [2.45, 2.75) is 5.25 Å². The molecule has 3 nitrogen and oxygen atoms in total. The fraction of sp³-hybridized carbons (Fsp3) is 0.385. The molecule has 1 saturated heterocycles. The Morgan fingerprint density at radius 2 is 2.11 bits per heavy atom.